The average Bonchev–Trinajstić information content (AvgIpc) is 2.52. The van der Waals surface area contributed by atoms with Crippen molar-refractivity contribution in [1.29, 1.82) is 0 Å². The quantitative estimate of drug-likeness (QED) is 0.694. The van der Waals surface area contributed by atoms with Crippen molar-refractivity contribution in [2.75, 3.05) is 6.54 Å². The molecule has 1 aromatic heterocycles. The second-order valence-electron chi connectivity index (χ2n) is 3.41. The molecule has 0 aliphatic rings. The molecule has 0 spiro atoms. The van der Waals surface area contributed by atoms with Crippen LogP contribution in [0, 0.1) is 0 Å². The first-order valence-electron chi connectivity index (χ1n) is 4.50. The van der Waals surface area contributed by atoms with Crippen molar-refractivity contribution in [3.63, 3.8) is 0 Å². The number of imidazole rings is 1. The highest BCUT2D eigenvalue weighted by Crippen LogP contribution is 2.14. The van der Waals surface area contributed by atoms with E-state index in [-0.39, 0.29) is 6.54 Å². The lowest BCUT2D eigenvalue weighted by atomic mass is 9.96. The van der Waals surface area contributed by atoms with E-state index in [9.17, 15) is 5.11 Å². The summed E-state index contributed by atoms with van der Waals surface area (Å²) in [6.45, 7) is 2.20. The highest BCUT2D eigenvalue weighted by atomic mass is 16.3. The van der Waals surface area contributed by atoms with Gasteiger partial charge in [0.25, 0.3) is 0 Å². The van der Waals surface area contributed by atoms with Crippen LogP contribution in [0.1, 0.15) is 19.2 Å². The zero-order valence-corrected chi connectivity index (χ0v) is 8.20. The predicted octanol–water partition coefficient (Wildman–Crippen LogP) is 0.0624. The van der Waals surface area contributed by atoms with Crippen molar-refractivity contribution >= 4 is 0 Å². The van der Waals surface area contributed by atoms with Gasteiger partial charge in [-0.25, -0.2) is 4.98 Å². The molecule has 1 unspecified atom stereocenters. The average molecular weight is 183 g/mol. The molecule has 74 valence electrons. The summed E-state index contributed by atoms with van der Waals surface area (Å²) in [6, 6.07) is 0. The lowest BCUT2D eigenvalue weighted by Crippen LogP contribution is -2.39. The van der Waals surface area contributed by atoms with Gasteiger partial charge in [0.1, 0.15) is 5.82 Å². The summed E-state index contributed by atoms with van der Waals surface area (Å²) in [5.74, 6) is 0.870. The number of nitrogens with zero attached hydrogens (tertiary/aromatic N) is 2. The maximum Gasteiger partial charge on any atom is 0.111 e. The van der Waals surface area contributed by atoms with Crippen molar-refractivity contribution in [3.8, 4) is 0 Å². The Morgan fingerprint density at radius 2 is 2.38 bits per heavy atom. The molecule has 1 heterocycles. The molecule has 1 aromatic rings. The van der Waals surface area contributed by atoms with Gasteiger partial charge in [0.2, 0.25) is 0 Å². The third-order valence-corrected chi connectivity index (χ3v) is 2.45. The number of aromatic nitrogens is 2. The highest BCUT2D eigenvalue weighted by molar-refractivity contribution is 4.98. The van der Waals surface area contributed by atoms with Gasteiger partial charge in [-0.05, 0) is 6.42 Å². The van der Waals surface area contributed by atoms with E-state index in [1.54, 1.807) is 6.20 Å². The molecule has 13 heavy (non-hydrogen) atoms. The van der Waals surface area contributed by atoms with Crippen molar-refractivity contribution in [3.05, 3.63) is 18.2 Å². The van der Waals surface area contributed by atoms with E-state index >= 15 is 0 Å². The maximum absolute atomic E-state index is 9.95. The zero-order chi connectivity index (χ0) is 9.90. The maximum atomic E-state index is 9.95. The zero-order valence-electron chi connectivity index (χ0n) is 8.20. The molecular weight excluding hydrogens is 166 g/mol. The molecule has 0 saturated heterocycles. The van der Waals surface area contributed by atoms with Gasteiger partial charge in [0.15, 0.2) is 0 Å². The highest BCUT2D eigenvalue weighted by Gasteiger charge is 2.24. The Kier molecular flexibility index (Phi) is 3.06. The summed E-state index contributed by atoms with van der Waals surface area (Å²) >= 11 is 0. The molecule has 1 rings (SSSR count). The first-order valence-corrected chi connectivity index (χ1v) is 4.50. The number of hydrogen-bond acceptors (Lipinski definition) is 3. The minimum atomic E-state index is -0.806. The van der Waals surface area contributed by atoms with Crippen LogP contribution in [0.4, 0.5) is 0 Å². The molecule has 0 aliphatic carbocycles. The monoisotopic (exact) mass is 183 g/mol. The number of nitrogens with two attached hydrogens (primary N) is 1. The molecule has 0 saturated carbocycles. The van der Waals surface area contributed by atoms with Crippen LogP contribution in [-0.4, -0.2) is 26.8 Å². The molecule has 0 radical (unpaired) electrons. The fourth-order valence-corrected chi connectivity index (χ4v) is 1.20. The van der Waals surface area contributed by atoms with Gasteiger partial charge < -0.3 is 15.4 Å². The lowest BCUT2D eigenvalue weighted by molar-refractivity contribution is 0.0430. The molecule has 0 fully saturated rings. The Hall–Kier alpha value is -0.870. The van der Waals surface area contributed by atoms with Gasteiger partial charge in [-0.15, -0.1) is 0 Å². The molecule has 0 bridgehead atoms. The minimum Gasteiger partial charge on any atom is -0.388 e. The number of rotatable bonds is 4. The van der Waals surface area contributed by atoms with E-state index < -0.39 is 5.60 Å². The Morgan fingerprint density at radius 3 is 2.77 bits per heavy atom. The van der Waals surface area contributed by atoms with Crippen molar-refractivity contribution < 1.29 is 5.11 Å². The van der Waals surface area contributed by atoms with Crippen LogP contribution in [0.15, 0.2) is 12.4 Å². The summed E-state index contributed by atoms with van der Waals surface area (Å²) in [7, 11) is 1.91. The Bertz CT molecular complexity index is 266. The normalized spacial score (nSPS) is 15.7. The molecule has 0 aromatic carbocycles. The van der Waals surface area contributed by atoms with E-state index in [1.807, 2.05) is 24.7 Å². The first kappa shape index (κ1) is 10.2. The van der Waals surface area contributed by atoms with Crippen LogP contribution < -0.4 is 5.73 Å². The molecule has 4 heteroatoms. The summed E-state index contributed by atoms with van der Waals surface area (Å²) in [6.07, 6.45) is 4.75. The van der Waals surface area contributed by atoms with Gasteiger partial charge in [-0.2, -0.15) is 0 Å². The summed E-state index contributed by atoms with van der Waals surface area (Å²) < 4.78 is 1.90. The number of aryl methyl sites for hydroxylation is 1. The second-order valence-corrected chi connectivity index (χ2v) is 3.41. The summed E-state index contributed by atoms with van der Waals surface area (Å²) in [5.41, 5.74) is 4.69. The molecular formula is C9H17N3O. The lowest BCUT2D eigenvalue weighted by Gasteiger charge is -2.24. The second kappa shape index (κ2) is 3.89. The van der Waals surface area contributed by atoms with Crippen molar-refractivity contribution in [2.45, 2.75) is 25.4 Å². The first-order chi connectivity index (χ1) is 6.11. The van der Waals surface area contributed by atoms with E-state index in [0.717, 1.165) is 5.82 Å². The smallest absolute Gasteiger partial charge is 0.111 e. The SMILES string of the molecule is CCC(O)(CN)Cc1nccn1C. The fraction of sp³-hybridized carbons (Fsp3) is 0.667. The van der Waals surface area contributed by atoms with Gasteiger partial charge >= 0.3 is 0 Å². The number of aliphatic hydroxyl groups is 1. The fourth-order valence-electron chi connectivity index (χ4n) is 1.20. The van der Waals surface area contributed by atoms with Crippen LogP contribution in [0.25, 0.3) is 0 Å². The van der Waals surface area contributed by atoms with Gasteiger partial charge in [0.05, 0.1) is 5.60 Å². The summed E-state index contributed by atoms with van der Waals surface area (Å²) in [4.78, 5) is 4.14. The van der Waals surface area contributed by atoms with E-state index in [1.165, 1.54) is 0 Å². The molecule has 4 nitrogen and oxygen atoms in total. The predicted molar refractivity (Wildman–Crippen MR) is 51.2 cm³/mol. The molecule has 1 atom stereocenters. The van der Waals surface area contributed by atoms with E-state index in [2.05, 4.69) is 4.98 Å². The van der Waals surface area contributed by atoms with Crippen LogP contribution >= 0.6 is 0 Å². The van der Waals surface area contributed by atoms with Gasteiger partial charge in [-0.1, -0.05) is 6.92 Å². The van der Waals surface area contributed by atoms with Gasteiger partial charge in [0, 0.05) is 32.4 Å². The Balaban J connectivity index is 2.73. The third-order valence-electron chi connectivity index (χ3n) is 2.45. The molecule has 3 N–H and O–H groups in total. The van der Waals surface area contributed by atoms with E-state index in [4.69, 9.17) is 5.73 Å². The topological polar surface area (TPSA) is 64.1 Å². The van der Waals surface area contributed by atoms with Crippen LogP contribution in [0.3, 0.4) is 0 Å². The van der Waals surface area contributed by atoms with Crippen LogP contribution in [0.5, 0.6) is 0 Å². The summed E-state index contributed by atoms with van der Waals surface area (Å²) in [5, 5.41) is 9.95. The Labute approximate surface area is 78.4 Å². The Morgan fingerprint density at radius 1 is 1.69 bits per heavy atom. The third kappa shape index (κ3) is 2.29. The van der Waals surface area contributed by atoms with E-state index in [0.29, 0.717) is 12.8 Å². The number of hydrogen-bond donors (Lipinski definition) is 2. The van der Waals surface area contributed by atoms with Crippen LogP contribution in [-0.2, 0) is 13.5 Å². The standard InChI is InChI=1S/C9H17N3O/c1-3-9(13,7-10)6-8-11-4-5-12(8)2/h4-5,13H,3,6-7,10H2,1-2H3. The molecule has 0 aliphatic heterocycles. The molecule has 0 amide bonds. The van der Waals surface area contributed by atoms with Crippen molar-refractivity contribution in [1.82, 2.24) is 9.55 Å². The van der Waals surface area contributed by atoms with Crippen molar-refractivity contribution in [2.24, 2.45) is 12.8 Å². The minimum absolute atomic E-state index is 0.274. The van der Waals surface area contributed by atoms with Gasteiger partial charge in [-0.3, -0.25) is 0 Å². The van der Waals surface area contributed by atoms with Crippen LogP contribution in [0.2, 0.25) is 0 Å². The largest absolute Gasteiger partial charge is 0.388 e.